The maximum atomic E-state index is 5.88. The Hall–Kier alpha value is -1.08. The van der Waals surface area contributed by atoms with Gasteiger partial charge < -0.3 is 4.74 Å². The van der Waals surface area contributed by atoms with E-state index in [4.69, 9.17) is 4.74 Å². The molecule has 18 heavy (non-hydrogen) atoms. The van der Waals surface area contributed by atoms with Crippen molar-refractivity contribution < 1.29 is 4.74 Å². The zero-order valence-corrected chi connectivity index (χ0v) is 12.0. The van der Waals surface area contributed by atoms with Crippen LogP contribution in [0.3, 0.4) is 0 Å². The van der Waals surface area contributed by atoms with Gasteiger partial charge in [0.2, 0.25) is 0 Å². The summed E-state index contributed by atoms with van der Waals surface area (Å²) in [5.74, 6) is 0.545. The molecule has 0 fully saturated rings. The fourth-order valence-electron chi connectivity index (χ4n) is 2.42. The molecule has 1 aliphatic rings. The van der Waals surface area contributed by atoms with Crippen LogP contribution in [0.25, 0.3) is 0 Å². The van der Waals surface area contributed by atoms with Crippen molar-refractivity contribution in [2.24, 2.45) is 5.92 Å². The Balaban J connectivity index is 2.16. The first kappa shape index (κ1) is 13.4. The van der Waals surface area contributed by atoms with E-state index in [9.17, 15) is 0 Å². The highest BCUT2D eigenvalue weighted by Crippen LogP contribution is 2.29. The van der Waals surface area contributed by atoms with E-state index in [0.29, 0.717) is 5.92 Å². The summed E-state index contributed by atoms with van der Waals surface area (Å²) in [6, 6.07) is 6.85. The van der Waals surface area contributed by atoms with E-state index in [0.717, 1.165) is 19.4 Å². The quantitative estimate of drug-likeness (QED) is 0.721. The van der Waals surface area contributed by atoms with E-state index in [1.165, 1.54) is 22.3 Å². The second-order valence-electron chi connectivity index (χ2n) is 6.28. The van der Waals surface area contributed by atoms with Crippen molar-refractivity contribution >= 4 is 0 Å². The summed E-state index contributed by atoms with van der Waals surface area (Å²) < 4.78 is 5.88. The number of benzene rings is 1. The Morgan fingerprint density at radius 3 is 2.78 bits per heavy atom. The summed E-state index contributed by atoms with van der Waals surface area (Å²) >= 11 is 0. The molecule has 1 heterocycles. The lowest BCUT2D eigenvalue weighted by Gasteiger charge is -2.32. The molecule has 0 saturated heterocycles. The lowest BCUT2D eigenvalue weighted by atomic mass is 9.88. The van der Waals surface area contributed by atoms with Gasteiger partial charge in [0.1, 0.15) is 0 Å². The van der Waals surface area contributed by atoms with Gasteiger partial charge in [-0.25, -0.2) is 0 Å². The topological polar surface area (TPSA) is 9.23 Å². The molecule has 0 bridgehead atoms. The maximum Gasteiger partial charge on any atom is 0.0727 e. The van der Waals surface area contributed by atoms with E-state index in [-0.39, 0.29) is 5.60 Å². The predicted octanol–water partition coefficient (Wildman–Crippen LogP) is 4.29. The maximum absolute atomic E-state index is 5.88. The van der Waals surface area contributed by atoms with Crippen LogP contribution < -0.4 is 0 Å². The second-order valence-corrected chi connectivity index (χ2v) is 6.28. The average molecular weight is 244 g/mol. The SMILES string of the molecule is C=C(C)[C@@H](C)Cc1ccc2c(c1)COC(C)(C)C2. The smallest absolute Gasteiger partial charge is 0.0727 e. The van der Waals surface area contributed by atoms with Crippen LogP contribution in [0.5, 0.6) is 0 Å². The Kier molecular flexibility index (Phi) is 3.63. The van der Waals surface area contributed by atoms with Crippen molar-refractivity contribution in [1.82, 2.24) is 0 Å². The molecular weight excluding hydrogens is 220 g/mol. The van der Waals surface area contributed by atoms with E-state index in [2.05, 4.69) is 52.5 Å². The third kappa shape index (κ3) is 3.02. The van der Waals surface area contributed by atoms with Gasteiger partial charge in [-0.1, -0.05) is 37.3 Å². The summed E-state index contributed by atoms with van der Waals surface area (Å²) in [5.41, 5.74) is 5.44. The molecule has 1 heteroatoms. The van der Waals surface area contributed by atoms with Crippen LogP contribution in [0.2, 0.25) is 0 Å². The molecular formula is C17H24O. The highest BCUT2D eigenvalue weighted by molar-refractivity contribution is 5.34. The molecule has 1 nitrogen and oxygen atoms in total. The Labute approximate surface area is 111 Å². The standard InChI is InChI=1S/C17H24O/c1-12(2)13(3)8-14-6-7-15-10-17(4,5)18-11-16(15)9-14/h6-7,9,13H,1,8,10-11H2,2-5H3/t13-/m0/s1. The van der Waals surface area contributed by atoms with Crippen LogP contribution in [0.15, 0.2) is 30.4 Å². The summed E-state index contributed by atoms with van der Waals surface area (Å²) in [4.78, 5) is 0. The van der Waals surface area contributed by atoms with Crippen molar-refractivity contribution in [3.63, 3.8) is 0 Å². The molecule has 0 radical (unpaired) electrons. The molecule has 0 aliphatic carbocycles. The van der Waals surface area contributed by atoms with Gasteiger partial charge in [0.25, 0.3) is 0 Å². The van der Waals surface area contributed by atoms with Crippen LogP contribution in [0.4, 0.5) is 0 Å². The lowest BCUT2D eigenvalue weighted by Crippen LogP contribution is -2.31. The van der Waals surface area contributed by atoms with E-state index < -0.39 is 0 Å². The van der Waals surface area contributed by atoms with Crippen LogP contribution in [0.1, 0.15) is 44.4 Å². The highest BCUT2D eigenvalue weighted by atomic mass is 16.5. The minimum atomic E-state index is -0.0144. The molecule has 2 rings (SSSR count). The van der Waals surface area contributed by atoms with Gasteiger partial charge in [-0.05, 0) is 49.8 Å². The van der Waals surface area contributed by atoms with Gasteiger partial charge in [-0.2, -0.15) is 0 Å². The van der Waals surface area contributed by atoms with Crippen molar-refractivity contribution in [1.29, 1.82) is 0 Å². The molecule has 1 aromatic rings. The number of allylic oxidation sites excluding steroid dienone is 1. The van der Waals surface area contributed by atoms with Crippen LogP contribution in [0, 0.1) is 5.92 Å². The fraction of sp³-hybridized carbons (Fsp3) is 0.529. The molecule has 1 aromatic carbocycles. The average Bonchev–Trinajstić information content (AvgIpc) is 2.28. The van der Waals surface area contributed by atoms with E-state index in [1.54, 1.807) is 0 Å². The van der Waals surface area contributed by atoms with Crippen molar-refractivity contribution in [3.05, 3.63) is 47.0 Å². The lowest BCUT2D eigenvalue weighted by molar-refractivity contribution is -0.0401. The summed E-state index contributed by atoms with van der Waals surface area (Å²) in [5, 5.41) is 0. The minimum absolute atomic E-state index is 0.0144. The van der Waals surface area contributed by atoms with E-state index in [1.807, 2.05) is 0 Å². The van der Waals surface area contributed by atoms with Crippen LogP contribution in [-0.4, -0.2) is 5.60 Å². The van der Waals surface area contributed by atoms with Crippen molar-refractivity contribution in [2.45, 2.75) is 52.7 Å². The number of fused-ring (bicyclic) bond motifs is 1. The first-order chi connectivity index (χ1) is 8.37. The molecule has 0 saturated carbocycles. The van der Waals surface area contributed by atoms with Gasteiger partial charge in [-0.15, -0.1) is 0 Å². The Morgan fingerprint density at radius 2 is 2.11 bits per heavy atom. The summed E-state index contributed by atoms with van der Waals surface area (Å²) in [6.07, 6.45) is 2.09. The number of ether oxygens (including phenoxy) is 1. The third-order valence-electron chi connectivity index (χ3n) is 3.89. The Bertz CT molecular complexity index is 457. The summed E-state index contributed by atoms with van der Waals surface area (Å²) in [7, 11) is 0. The van der Waals surface area contributed by atoms with Gasteiger partial charge in [0.15, 0.2) is 0 Å². The largest absolute Gasteiger partial charge is 0.371 e. The molecule has 0 N–H and O–H groups in total. The van der Waals surface area contributed by atoms with Gasteiger partial charge >= 0.3 is 0 Å². The van der Waals surface area contributed by atoms with Crippen LogP contribution >= 0.6 is 0 Å². The summed E-state index contributed by atoms with van der Waals surface area (Å²) in [6.45, 7) is 13.4. The molecule has 1 atom stereocenters. The second kappa shape index (κ2) is 4.89. The molecule has 0 spiro atoms. The first-order valence-corrected chi connectivity index (χ1v) is 6.77. The molecule has 98 valence electrons. The zero-order valence-electron chi connectivity index (χ0n) is 12.0. The third-order valence-corrected chi connectivity index (χ3v) is 3.89. The van der Waals surface area contributed by atoms with Gasteiger partial charge in [0, 0.05) is 6.42 Å². The van der Waals surface area contributed by atoms with Crippen molar-refractivity contribution in [3.8, 4) is 0 Å². The normalized spacial score (nSPS) is 19.1. The van der Waals surface area contributed by atoms with Gasteiger partial charge in [-0.3, -0.25) is 0 Å². The molecule has 0 amide bonds. The Morgan fingerprint density at radius 1 is 1.39 bits per heavy atom. The van der Waals surface area contributed by atoms with Crippen molar-refractivity contribution in [2.75, 3.05) is 0 Å². The van der Waals surface area contributed by atoms with Gasteiger partial charge in [0.05, 0.1) is 12.2 Å². The number of hydrogen-bond donors (Lipinski definition) is 0. The fourth-order valence-corrected chi connectivity index (χ4v) is 2.42. The molecule has 0 unspecified atom stereocenters. The number of hydrogen-bond acceptors (Lipinski definition) is 1. The van der Waals surface area contributed by atoms with Crippen LogP contribution in [-0.2, 0) is 24.2 Å². The number of rotatable bonds is 3. The van der Waals surface area contributed by atoms with E-state index >= 15 is 0 Å². The highest BCUT2D eigenvalue weighted by Gasteiger charge is 2.25. The predicted molar refractivity (Wildman–Crippen MR) is 76.7 cm³/mol. The molecule has 1 aliphatic heterocycles. The monoisotopic (exact) mass is 244 g/mol. The first-order valence-electron chi connectivity index (χ1n) is 6.77. The zero-order chi connectivity index (χ0) is 13.3. The minimum Gasteiger partial charge on any atom is -0.371 e. The molecule has 0 aromatic heterocycles.